The molecule has 3 rings (SSSR count). The highest BCUT2D eigenvalue weighted by Crippen LogP contribution is 2.11. The third-order valence-electron chi connectivity index (χ3n) is 2.82. The minimum absolute atomic E-state index is 0.521. The molecule has 0 unspecified atom stereocenters. The second kappa shape index (κ2) is 6.31. The van der Waals surface area contributed by atoms with Crippen LogP contribution in [0.5, 0.6) is 0 Å². The molecule has 3 heterocycles. The lowest BCUT2D eigenvalue weighted by molar-refractivity contribution is 0.888. The minimum Gasteiger partial charge on any atom is -0.357 e. The number of hydrogen-bond acceptors (Lipinski definition) is 7. The minimum atomic E-state index is 0.521. The zero-order chi connectivity index (χ0) is 14.5. The van der Waals surface area contributed by atoms with Gasteiger partial charge in [0.25, 0.3) is 0 Å². The molecule has 2 N–H and O–H groups in total. The van der Waals surface area contributed by atoms with E-state index in [-0.39, 0.29) is 0 Å². The number of hydrogen-bond donors (Lipinski definition) is 2. The molecule has 0 aromatic carbocycles. The number of imidazole rings is 1. The van der Waals surface area contributed by atoms with E-state index in [1.54, 1.807) is 41.7 Å². The molecule has 0 saturated heterocycles. The van der Waals surface area contributed by atoms with E-state index in [1.165, 1.54) is 4.88 Å². The SMILES string of the molecule is CNc1nc(NCCc2cccs2)nc(-n2ccnc2)n1. The van der Waals surface area contributed by atoms with Gasteiger partial charge in [-0.2, -0.15) is 15.0 Å². The van der Waals surface area contributed by atoms with Crippen molar-refractivity contribution in [2.75, 3.05) is 24.2 Å². The normalized spacial score (nSPS) is 10.5. The fourth-order valence-electron chi connectivity index (χ4n) is 1.80. The Balaban J connectivity index is 1.73. The molecule has 3 aromatic heterocycles. The van der Waals surface area contributed by atoms with Crippen LogP contribution < -0.4 is 10.6 Å². The monoisotopic (exact) mass is 301 g/mol. The third kappa shape index (κ3) is 3.34. The van der Waals surface area contributed by atoms with E-state index in [2.05, 4.69) is 48.1 Å². The first-order valence-electron chi connectivity index (χ1n) is 6.53. The van der Waals surface area contributed by atoms with E-state index >= 15 is 0 Å². The molecule has 0 aliphatic carbocycles. The first-order chi connectivity index (χ1) is 10.3. The van der Waals surface area contributed by atoms with E-state index in [9.17, 15) is 0 Å². The van der Waals surface area contributed by atoms with Gasteiger partial charge in [-0.3, -0.25) is 4.57 Å². The number of thiophene rings is 1. The van der Waals surface area contributed by atoms with Crippen LogP contribution in [0.3, 0.4) is 0 Å². The van der Waals surface area contributed by atoms with Crippen LogP contribution in [0.25, 0.3) is 5.95 Å². The summed E-state index contributed by atoms with van der Waals surface area (Å²) >= 11 is 1.75. The molecule has 0 fully saturated rings. The zero-order valence-corrected chi connectivity index (χ0v) is 12.3. The van der Waals surface area contributed by atoms with Crippen molar-refractivity contribution in [2.24, 2.45) is 0 Å². The lowest BCUT2D eigenvalue weighted by Crippen LogP contribution is -2.12. The number of nitrogens with zero attached hydrogens (tertiary/aromatic N) is 5. The Morgan fingerprint density at radius 3 is 2.86 bits per heavy atom. The van der Waals surface area contributed by atoms with Crippen molar-refractivity contribution in [1.82, 2.24) is 24.5 Å². The molecule has 7 nitrogen and oxygen atoms in total. The highest BCUT2D eigenvalue weighted by atomic mass is 32.1. The summed E-state index contributed by atoms with van der Waals surface area (Å²) in [5, 5.41) is 8.25. The van der Waals surface area contributed by atoms with Gasteiger partial charge in [0.2, 0.25) is 17.8 Å². The van der Waals surface area contributed by atoms with Crippen molar-refractivity contribution >= 4 is 23.2 Å². The summed E-state index contributed by atoms with van der Waals surface area (Å²) in [7, 11) is 1.78. The molecule has 0 bridgehead atoms. The summed E-state index contributed by atoms with van der Waals surface area (Å²) in [4.78, 5) is 18.3. The number of anilines is 2. The van der Waals surface area contributed by atoms with Crippen molar-refractivity contribution in [3.63, 3.8) is 0 Å². The molecule has 0 aliphatic heterocycles. The zero-order valence-electron chi connectivity index (χ0n) is 11.5. The molecule has 21 heavy (non-hydrogen) atoms. The maximum absolute atomic E-state index is 4.40. The Hall–Kier alpha value is -2.48. The molecule has 0 spiro atoms. The molecule has 0 radical (unpaired) electrons. The van der Waals surface area contributed by atoms with Gasteiger partial charge in [-0.1, -0.05) is 6.07 Å². The standard InChI is InChI=1S/C13H15N7S/c1-14-11-17-12(16-5-4-10-3-2-8-21-10)19-13(18-11)20-7-6-15-9-20/h2-3,6-9H,4-5H2,1H3,(H2,14,16,17,18,19). The Labute approximate surface area is 126 Å². The Kier molecular flexibility index (Phi) is 4.06. The fourth-order valence-corrected chi connectivity index (χ4v) is 2.51. The van der Waals surface area contributed by atoms with Gasteiger partial charge in [0.15, 0.2) is 0 Å². The molecular formula is C13H15N7S. The molecule has 8 heteroatoms. The second-order valence-electron chi connectivity index (χ2n) is 4.26. The lowest BCUT2D eigenvalue weighted by Gasteiger charge is -2.08. The number of aromatic nitrogens is 5. The quantitative estimate of drug-likeness (QED) is 0.723. The maximum atomic E-state index is 4.40. The van der Waals surface area contributed by atoms with Crippen molar-refractivity contribution in [3.8, 4) is 5.95 Å². The van der Waals surface area contributed by atoms with Crippen LogP contribution in [0.4, 0.5) is 11.9 Å². The van der Waals surface area contributed by atoms with E-state index < -0.39 is 0 Å². The van der Waals surface area contributed by atoms with Crippen molar-refractivity contribution in [3.05, 3.63) is 41.1 Å². The molecular weight excluding hydrogens is 286 g/mol. The van der Waals surface area contributed by atoms with Gasteiger partial charge >= 0.3 is 0 Å². The smallest absolute Gasteiger partial charge is 0.241 e. The second-order valence-corrected chi connectivity index (χ2v) is 5.29. The topological polar surface area (TPSA) is 80.5 Å². The number of nitrogens with one attached hydrogen (secondary N) is 2. The van der Waals surface area contributed by atoms with Gasteiger partial charge in [0.1, 0.15) is 6.33 Å². The van der Waals surface area contributed by atoms with Crippen LogP contribution in [-0.2, 0) is 6.42 Å². The van der Waals surface area contributed by atoms with Crippen molar-refractivity contribution in [2.45, 2.75) is 6.42 Å². The van der Waals surface area contributed by atoms with Gasteiger partial charge in [-0.25, -0.2) is 4.98 Å². The van der Waals surface area contributed by atoms with E-state index in [0.717, 1.165) is 13.0 Å². The molecule has 0 atom stereocenters. The summed E-state index contributed by atoms with van der Waals surface area (Å²) < 4.78 is 1.74. The molecule has 0 saturated carbocycles. The highest BCUT2D eigenvalue weighted by molar-refractivity contribution is 7.09. The van der Waals surface area contributed by atoms with Crippen LogP contribution in [0.15, 0.2) is 36.2 Å². The predicted molar refractivity (Wildman–Crippen MR) is 83.0 cm³/mol. The summed E-state index contributed by atoms with van der Waals surface area (Å²) in [5.41, 5.74) is 0. The van der Waals surface area contributed by atoms with Gasteiger partial charge in [-0.05, 0) is 17.9 Å². The van der Waals surface area contributed by atoms with E-state index in [0.29, 0.717) is 17.8 Å². The van der Waals surface area contributed by atoms with Crippen LogP contribution in [0.1, 0.15) is 4.88 Å². The largest absolute Gasteiger partial charge is 0.357 e. The summed E-state index contributed by atoms with van der Waals surface area (Å²) in [6, 6.07) is 4.18. The van der Waals surface area contributed by atoms with Gasteiger partial charge < -0.3 is 10.6 Å². The fraction of sp³-hybridized carbons (Fsp3) is 0.231. The van der Waals surface area contributed by atoms with Crippen LogP contribution in [0.2, 0.25) is 0 Å². The van der Waals surface area contributed by atoms with E-state index in [4.69, 9.17) is 0 Å². The average molecular weight is 301 g/mol. The van der Waals surface area contributed by atoms with E-state index in [1.807, 2.05) is 0 Å². The lowest BCUT2D eigenvalue weighted by atomic mass is 10.3. The molecule has 3 aromatic rings. The van der Waals surface area contributed by atoms with Gasteiger partial charge in [-0.15, -0.1) is 11.3 Å². The highest BCUT2D eigenvalue weighted by Gasteiger charge is 2.07. The molecule has 0 aliphatic rings. The Bertz CT molecular complexity index is 679. The average Bonchev–Trinajstić information content (AvgIpc) is 3.20. The summed E-state index contributed by atoms with van der Waals surface area (Å²) in [6.07, 6.45) is 6.08. The van der Waals surface area contributed by atoms with Crippen LogP contribution >= 0.6 is 11.3 Å². The van der Waals surface area contributed by atoms with Crippen molar-refractivity contribution in [1.29, 1.82) is 0 Å². The third-order valence-corrected chi connectivity index (χ3v) is 3.75. The summed E-state index contributed by atoms with van der Waals surface area (Å²) in [6.45, 7) is 0.775. The first kappa shape index (κ1) is 13.5. The van der Waals surface area contributed by atoms with Crippen molar-refractivity contribution < 1.29 is 0 Å². The maximum Gasteiger partial charge on any atom is 0.241 e. The van der Waals surface area contributed by atoms with Crippen LogP contribution in [0, 0.1) is 0 Å². The summed E-state index contributed by atoms with van der Waals surface area (Å²) in [5.74, 6) is 1.60. The first-order valence-corrected chi connectivity index (χ1v) is 7.41. The predicted octanol–water partition coefficient (Wildman–Crippen LogP) is 1.82. The van der Waals surface area contributed by atoms with Gasteiger partial charge in [0.05, 0.1) is 0 Å². The molecule has 108 valence electrons. The Morgan fingerprint density at radius 2 is 2.14 bits per heavy atom. The van der Waals surface area contributed by atoms with Gasteiger partial charge in [0, 0.05) is 30.9 Å². The Morgan fingerprint density at radius 1 is 1.24 bits per heavy atom. The van der Waals surface area contributed by atoms with Crippen LogP contribution in [-0.4, -0.2) is 38.1 Å². The number of rotatable bonds is 6. The molecule has 0 amide bonds.